The Labute approximate surface area is 177 Å². The van der Waals surface area contributed by atoms with Crippen LogP contribution in [0, 0.1) is 59.2 Å². The van der Waals surface area contributed by atoms with Gasteiger partial charge in [0, 0.05) is 0 Å². The minimum atomic E-state index is -0.802. The van der Waals surface area contributed by atoms with Gasteiger partial charge in [0.2, 0.25) is 5.91 Å². The lowest BCUT2D eigenvalue weighted by Gasteiger charge is -2.45. The molecule has 0 aromatic carbocycles. The monoisotopic (exact) mass is 423 g/mol. The predicted molar refractivity (Wildman–Crippen MR) is 108 cm³/mol. The molecule has 7 heteroatoms. The number of hydrogen-bond acceptors (Lipinski definition) is 5. The highest BCUT2D eigenvalue weighted by atomic mass is 32.2. The molecule has 29 heavy (non-hydrogen) atoms. The maximum absolute atomic E-state index is 13.0. The highest BCUT2D eigenvalue weighted by Crippen LogP contribution is 2.72. The Kier molecular flexibility index (Phi) is 5.36. The number of carboxylic acids is 1. The molecule has 5 fully saturated rings. The second-order valence-electron chi connectivity index (χ2n) is 10.4. The van der Waals surface area contributed by atoms with Crippen LogP contribution in [0.4, 0.5) is 0 Å². The molecule has 0 aromatic heterocycles. The Morgan fingerprint density at radius 3 is 2.10 bits per heavy atom. The molecule has 10 atom stereocenters. The third-order valence-corrected chi connectivity index (χ3v) is 9.92. The van der Waals surface area contributed by atoms with Gasteiger partial charge >= 0.3 is 5.97 Å². The standard InChI is InChI=1S/C22H33NO5S/c1-10-11(2)14-8-13(10)17-15-9-16(18(14)17)20(22(25)26)19(15)21(24)23-29-28-27-12-6-4-3-5-7-12/h10-20H,3-9H2,1-2H3,(H,23,24)(H,25,26). The largest absolute Gasteiger partial charge is 0.481 e. The van der Waals surface area contributed by atoms with E-state index in [1.165, 1.54) is 12.8 Å². The first-order valence-electron chi connectivity index (χ1n) is 11.5. The van der Waals surface area contributed by atoms with Crippen molar-refractivity contribution in [2.24, 2.45) is 59.2 Å². The molecule has 5 aliphatic rings. The zero-order chi connectivity index (χ0) is 20.3. The van der Waals surface area contributed by atoms with E-state index in [1.54, 1.807) is 0 Å². The summed E-state index contributed by atoms with van der Waals surface area (Å²) < 4.78 is 7.93. The summed E-state index contributed by atoms with van der Waals surface area (Å²) in [7, 11) is 0. The number of nitrogens with one attached hydrogen (secondary N) is 1. The molecule has 0 radical (unpaired) electrons. The minimum Gasteiger partial charge on any atom is -0.481 e. The number of carboxylic acid groups (broad SMARTS) is 1. The molecule has 0 spiro atoms. The van der Waals surface area contributed by atoms with Gasteiger partial charge in [-0.1, -0.05) is 33.1 Å². The molecule has 2 N–H and O–H groups in total. The van der Waals surface area contributed by atoms with E-state index in [2.05, 4.69) is 18.6 Å². The maximum atomic E-state index is 13.0. The molecule has 0 aliphatic heterocycles. The van der Waals surface area contributed by atoms with Gasteiger partial charge < -0.3 is 5.11 Å². The van der Waals surface area contributed by atoms with Crippen LogP contribution in [-0.2, 0) is 18.8 Å². The van der Waals surface area contributed by atoms with Crippen molar-refractivity contribution >= 4 is 24.1 Å². The fourth-order valence-electron chi connectivity index (χ4n) is 8.31. The first-order chi connectivity index (χ1) is 14.0. The first kappa shape index (κ1) is 20.1. The lowest BCUT2D eigenvalue weighted by Crippen LogP contribution is -2.48. The van der Waals surface area contributed by atoms with Crippen molar-refractivity contribution < 1.29 is 23.9 Å². The molecular weight excluding hydrogens is 390 g/mol. The van der Waals surface area contributed by atoms with Gasteiger partial charge in [-0.25, -0.2) is 4.89 Å². The topological polar surface area (TPSA) is 84.9 Å². The second kappa shape index (κ2) is 7.72. The maximum Gasteiger partial charge on any atom is 0.307 e. The van der Waals surface area contributed by atoms with Crippen LogP contribution in [0.3, 0.4) is 0 Å². The molecular formula is C22H33NO5S. The van der Waals surface area contributed by atoms with Crippen LogP contribution in [0.15, 0.2) is 0 Å². The van der Waals surface area contributed by atoms with Crippen LogP contribution in [-0.4, -0.2) is 23.1 Å². The van der Waals surface area contributed by atoms with Gasteiger partial charge in [-0.3, -0.25) is 14.3 Å². The van der Waals surface area contributed by atoms with Gasteiger partial charge in [-0.15, -0.1) is 4.33 Å². The average molecular weight is 424 g/mol. The highest BCUT2D eigenvalue weighted by molar-refractivity contribution is 7.93. The van der Waals surface area contributed by atoms with Gasteiger partial charge in [0.25, 0.3) is 0 Å². The molecule has 5 saturated carbocycles. The van der Waals surface area contributed by atoms with Gasteiger partial charge in [0.05, 0.1) is 17.9 Å². The predicted octanol–water partition coefficient (Wildman–Crippen LogP) is 4.07. The quantitative estimate of drug-likeness (QED) is 0.167. The summed E-state index contributed by atoms with van der Waals surface area (Å²) >= 11 is 0.810. The summed E-state index contributed by atoms with van der Waals surface area (Å²) in [5.74, 6) is 2.12. The molecule has 162 valence electrons. The number of hydrogen-bond donors (Lipinski definition) is 2. The SMILES string of the molecule is CC1C(C)C2CC1C1C3CC(C(C(=O)NSOOC4CCCCC4)C3C(=O)O)C21. The summed E-state index contributed by atoms with van der Waals surface area (Å²) in [6.45, 7) is 4.70. The number of aliphatic carboxylic acids is 1. The van der Waals surface area contributed by atoms with Gasteiger partial charge in [-0.2, -0.15) is 0 Å². The summed E-state index contributed by atoms with van der Waals surface area (Å²) in [5.41, 5.74) is 0. The molecule has 0 aromatic rings. The molecule has 10 unspecified atom stereocenters. The van der Waals surface area contributed by atoms with E-state index >= 15 is 0 Å². The fourth-order valence-corrected chi connectivity index (χ4v) is 8.71. The Morgan fingerprint density at radius 1 is 0.897 bits per heavy atom. The minimum absolute atomic E-state index is 0.0979. The van der Waals surface area contributed by atoms with Crippen molar-refractivity contribution in [2.75, 3.05) is 0 Å². The van der Waals surface area contributed by atoms with E-state index in [-0.39, 0.29) is 23.8 Å². The average Bonchev–Trinajstić information content (AvgIpc) is 3.44. The van der Waals surface area contributed by atoms with Gasteiger partial charge in [-0.05, 0) is 73.0 Å². The van der Waals surface area contributed by atoms with Crippen molar-refractivity contribution in [1.29, 1.82) is 0 Å². The van der Waals surface area contributed by atoms with E-state index in [0.717, 1.165) is 44.3 Å². The lowest BCUT2D eigenvalue weighted by molar-refractivity contribution is -0.238. The summed E-state index contributed by atoms with van der Waals surface area (Å²) in [5, 5.41) is 9.96. The normalized spacial score (nSPS) is 48.1. The van der Waals surface area contributed by atoms with Crippen molar-refractivity contribution in [3.63, 3.8) is 0 Å². The van der Waals surface area contributed by atoms with Crippen molar-refractivity contribution in [2.45, 2.75) is 64.9 Å². The zero-order valence-electron chi connectivity index (χ0n) is 17.3. The first-order valence-corrected chi connectivity index (χ1v) is 12.2. The Balaban J connectivity index is 1.23. The Hall–Kier alpha value is -0.790. The van der Waals surface area contributed by atoms with Crippen LogP contribution >= 0.6 is 12.2 Å². The molecule has 0 saturated heterocycles. The van der Waals surface area contributed by atoms with Crippen LogP contribution in [0.25, 0.3) is 0 Å². The van der Waals surface area contributed by atoms with Crippen molar-refractivity contribution in [3.8, 4) is 0 Å². The van der Waals surface area contributed by atoms with Crippen LogP contribution < -0.4 is 4.72 Å². The smallest absolute Gasteiger partial charge is 0.307 e. The Morgan fingerprint density at radius 2 is 1.48 bits per heavy atom. The van der Waals surface area contributed by atoms with E-state index in [0.29, 0.717) is 35.5 Å². The molecule has 4 bridgehead atoms. The van der Waals surface area contributed by atoms with Crippen molar-refractivity contribution in [3.05, 3.63) is 0 Å². The Bertz CT molecular complexity index is 668. The third-order valence-electron chi connectivity index (χ3n) is 9.49. The van der Waals surface area contributed by atoms with Crippen LogP contribution in [0.5, 0.6) is 0 Å². The molecule has 6 nitrogen and oxygen atoms in total. The summed E-state index contributed by atoms with van der Waals surface area (Å²) in [4.78, 5) is 30.6. The number of fused-ring (bicyclic) bond motifs is 9. The zero-order valence-corrected chi connectivity index (χ0v) is 18.1. The summed E-state index contributed by atoms with van der Waals surface area (Å²) in [6.07, 6.45) is 7.76. The second-order valence-corrected chi connectivity index (χ2v) is 10.9. The summed E-state index contributed by atoms with van der Waals surface area (Å²) in [6, 6.07) is 0. The fraction of sp³-hybridized carbons (Fsp3) is 0.909. The van der Waals surface area contributed by atoms with E-state index < -0.39 is 17.8 Å². The molecule has 0 heterocycles. The van der Waals surface area contributed by atoms with Gasteiger partial charge in [0.15, 0.2) is 12.2 Å². The molecule has 5 aliphatic carbocycles. The van der Waals surface area contributed by atoms with Gasteiger partial charge in [0.1, 0.15) is 0 Å². The molecule has 5 rings (SSSR count). The van der Waals surface area contributed by atoms with E-state index in [1.807, 2.05) is 0 Å². The number of carbonyl (C=O) groups excluding carboxylic acids is 1. The number of amides is 1. The van der Waals surface area contributed by atoms with Crippen LogP contribution in [0.2, 0.25) is 0 Å². The lowest BCUT2D eigenvalue weighted by atomic mass is 9.59. The van der Waals surface area contributed by atoms with E-state index in [4.69, 9.17) is 9.22 Å². The third kappa shape index (κ3) is 3.14. The van der Waals surface area contributed by atoms with E-state index in [9.17, 15) is 14.7 Å². The number of rotatable bonds is 6. The number of carbonyl (C=O) groups is 2. The highest BCUT2D eigenvalue weighted by Gasteiger charge is 2.70. The van der Waals surface area contributed by atoms with Crippen LogP contribution in [0.1, 0.15) is 58.8 Å². The van der Waals surface area contributed by atoms with Crippen molar-refractivity contribution in [1.82, 2.24) is 4.72 Å². The molecule has 1 amide bonds.